The Balaban J connectivity index is 1.90. The van der Waals surface area contributed by atoms with Crippen LogP contribution in [0.1, 0.15) is 65.2 Å². The number of rotatable bonds is 15. The zero-order valence-electron chi connectivity index (χ0n) is 17.1. The topological polar surface area (TPSA) is 61.8 Å². The number of ether oxygens (including phenoxy) is 3. The number of esters is 2. The average Bonchev–Trinajstić information content (AvgIpc) is 2.67. The third-order valence-corrected chi connectivity index (χ3v) is 4.34. The maximum absolute atomic E-state index is 11.7. The van der Waals surface area contributed by atoms with Crippen molar-refractivity contribution in [2.45, 2.75) is 65.2 Å². The molecular weight excluding hydrogens is 380 g/mol. The van der Waals surface area contributed by atoms with E-state index in [0.29, 0.717) is 36.1 Å². The molecule has 0 saturated heterocycles. The van der Waals surface area contributed by atoms with Crippen molar-refractivity contribution in [1.82, 2.24) is 0 Å². The Labute approximate surface area is 173 Å². The van der Waals surface area contributed by atoms with Gasteiger partial charge in [-0.15, -0.1) is 0 Å². The standard InChI is InChI=1S/C22H33ClO5/c1-18(2)17-28-22(25)14-8-6-4-3-5-7-13-21(24)27-16-15-26-20-12-10-9-11-19(20)23/h9-12,18H,3-8,13-17H2,1-2H3. The van der Waals surface area contributed by atoms with Gasteiger partial charge in [0.05, 0.1) is 11.6 Å². The number of carbonyl (C=O) groups excluding carboxylic acids is 2. The highest BCUT2D eigenvalue weighted by Gasteiger charge is 2.05. The Kier molecular flexibility index (Phi) is 13.2. The second-order valence-corrected chi connectivity index (χ2v) is 7.60. The number of halogens is 1. The van der Waals surface area contributed by atoms with E-state index in [4.69, 9.17) is 25.8 Å². The van der Waals surface area contributed by atoms with Crippen LogP contribution >= 0.6 is 11.6 Å². The molecule has 0 atom stereocenters. The van der Waals surface area contributed by atoms with Crippen molar-refractivity contribution in [3.05, 3.63) is 29.3 Å². The number of carbonyl (C=O) groups is 2. The molecule has 28 heavy (non-hydrogen) atoms. The van der Waals surface area contributed by atoms with E-state index in [1.54, 1.807) is 12.1 Å². The first-order chi connectivity index (χ1) is 13.5. The highest BCUT2D eigenvalue weighted by molar-refractivity contribution is 6.32. The summed E-state index contributed by atoms with van der Waals surface area (Å²) in [6.07, 6.45) is 6.74. The van der Waals surface area contributed by atoms with Crippen LogP contribution in [0.5, 0.6) is 5.75 Å². The third kappa shape index (κ3) is 12.6. The summed E-state index contributed by atoms with van der Waals surface area (Å²) in [5, 5.41) is 0.543. The zero-order valence-corrected chi connectivity index (χ0v) is 17.8. The van der Waals surface area contributed by atoms with Crippen LogP contribution in [0.2, 0.25) is 5.02 Å². The van der Waals surface area contributed by atoms with Crippen LogP contribution in [0.15, 0.2) is 24.3 Å². The Bertz CT molecular complexity index is 574. The molecule has 0 amide bonds. The maximum atomic E-state index is 11.7. The molecule has 0 unspecified atom stereocenters. The van der Waals surface area contributed by atoms with E-state index < -0.39 is 0 Å². The van der Waals surface area contributed by atoms with Crippen LogP contribution < -0.4 is 4.74 Å². The van der Waals surface area contributed by atoms with Gasteiger partial charge in [-0.25, -0.2) is 0 Å². The fourth-order valence-electron chi connectivity index (χ4n) is 2.52. The van der Waals surface area contributed by atoms with Crippen LogP contribution in [-0.2, 0) is 19.1 Å². The lowest BCUT2D eigenvalue weighted by Gasteiger charge is -2.08. The van der Waals surface area contributed by atoms with Crippen molar-refractivity contribution >= 4 is 23.5 Å². The van der Waals surface area contributed by atoms with E-state index in [1.165, 1.54) is 0 Å². The summed E-state index contributed by atoms with van der Waals surface area (Å²) in [6, 6.07) is 7.20. The van der Waals surface area contributed by atoms with E-state index in [9.17, 15) is 9.59 Å². The summed E-state index contributed by atoms with van der Waals surface area (Å²) in [7, 11) is 0. The second-order valence-electron chi connectivity index (χ2n) is 7.20. The molecular formula is C22H33ClO5. The average molecular weight is 413 g/mol. The van der Waals surface area contributed by atoms with E-state index >= 15 is 0 Å². The van der Waals surface area contributed by atoms with Crippen molar-refractivity contribution < 1.29 is 23.8 Å². The molecule has 0 heterocycles. The predicted octanol–water partition coefficient (Wildman–Crippen LogP) is 5.58. The quantitative estimate of drug-likeness (QED) is 0.278. The lowest BCUT2D eigenvalue weighted by molar-refractivity contribution is -0.145. The number of hydrogen-bond acceptors (Lipinski definition) is 5. The molecule has 5 nitrogen and oxygen atoms in total. The summed E-state index contributed by atoms with van der Waals surface area (Å²) < 4.78 is 15.8. The molecule has 0 aliphatic carbocycles. The van der Waals surface area contributed by atoms with Crippen LogP contribution in [0.25, 0.3) is 0 Å². The highest BCUT2D eigenvalue weighted by Crippen LogP contribution is 2.22. The molecule has 0 radical (unpaired) electrons. The molecule has 6 heteroatoms. The number of unbranched alkanes of at least 4 members (excludes halogenated alkanes) is 5. The van der Waals surface area contributed by atoms with Gasteiger partial charge in [0.25, 0.3) is 0 Å². The van der Waals surface area contributed by atoms with Crippen LogP contribution in [0.4, 0.5) is 0 Å². The molecule has 158 valence electrons. The number of hydrogen-bond donors (Lipinski definition) is 0. The molecule has 1 aromatic carbocycles. The van der Waals surface area contributed by atoms with Gasteiger partial charge in [0.1, 0.15) is 19.0 Å². The minimum atomic E-state index is -0.198. The molecule has 0 N–H and O–H groups in total. The Morgan fingerprint density at radius 3 is 2.04 bits per heavy atom. The van der Waals surface area contributed by atoms with Crippen LogP contribution in [0, 0.1) is 5.92 Å². The lowest BCUT2D eigenvalue weighted by Crippen LogP contribution is -2.12. The lowest BCUT2D eigenvalue weighted by atomic mass is 10.1. The zero-order chi connectivity index (χ0) is 20.6. The SMILES string of the molecule is CC(C)COC(=O)CCCCCCCCC(=O)OCCOc1ccccc1Cl. The summed E-state index contributed by atoms with van der Waals surface area (Å²) in [5.74, 6) is 0.671. The largest absolute Gasteiger partial charge is 0.488 e. The van der Waals surface area contributed by atoms with Crippen LogP contribution in [-0.4, -0.2) is 31.8 Å². The molecule has 1 aromatic rings. The summed E-state index contributed by atoms with van der Waals surface area (Å²) in [4.78, 5) is 23.2. The highest BCUT2D eigenvalue weighted by atomic mass is 35.5. The Hall–Kier alpha value is -1.75. The minimum absolute atomic E-state index is 0.102. The summed E-state index contributed by atoms with van der Waals surface area (Å²) in [5.41, 5.74) is 0. The summed E-state index contributed by atoms with van der Waals surface area (Å²) >= 11 is 5.98. The molecule has 0 aromatic heterocycles. The van der Waals surface area contributed by atoms with Gasteiger partial charge in [-0.3, -0.25) is 9.59 Å². The van der Waals surface area contributed by atoms with E-state index in [-0.39, 0.29) is 25.2 Å². The number of benzene rings is 1. The van der Waals surface area contributed by atoms with Crippen molar-refractivity contribution in [1.29, 1.82) is 0 Å². The van der Waals surface area contributed by atoms with Gasteiger partial charge >= 0.3 is 11.9 Å². The van der Waals surface area contributed by atoms with Gasteiger partial charge in [0, 0.05) is 12.8 Å². The molecule has 0 saturated carbocycles. The van der Waals surface area contributed by atoms with E-state index in [1.807, 2.05) is 26.0 Å². The predicted molar refractivity (Wildman–Crippen MR) is 111 cm³/mol. The number of para-hydroxylation sites is 1. The first-order valence-corrected chi connectivity index (χ1v) is 10.6. The van der Waals surface area contributed by atoms with Crippen molar-refractivity contribution in [3.8, 4) is 5.75 Å². The Morgan fingerprint density at radius 2 is 1.43 bits per heavy atom. The van der Waals surface area contributed by atoms with Crippen molar-refractivity contribution in [2.24, 2.45) is 5.92 Å². The van der Waals surface area contributed by atoms with Gasteiger partial charge in [0.2, 0.25) is 0 Å². The molecule has 1 rings (SSSR count). The van der Waals surface area contributed by atoms with Gasteiger partial charge in [-0.2, -0.15) is 0 Å². The first-order valence-electron chi connectivity index (χ1n) is 10.2. The molecule has 0 spiro atoms. The van der Waals surface area contributed by atoms with E-state index in [2.05, 4.69) is 0 Å². The van der Waals surface area contributed by atoms with Crippen LogP contribution in [0.3, 0.4) is 0 Å². The fraction of sp³-hybridized carbons (Fsp3) is 0.636. The van der Waals surface area contributed by atoms with Gasteiger partial charge in [-0.05, 0) is 30.9 Å². The van der Waals surface area contributed by atoms with Gasteiger partial charge in [-0.1, -0.05) is 63.3 Å². The minimum Gasteiger partial charge on any atom is -0.488 e. The monoisotopic (exact) mass is 412 g/mol. The van der Waals surface area contributed by atoms with Gasteiger partial charge < -0.3 is 14.2 Å². The molecule has 0 aliphatic heterocycles. The first kappa shape index (κ1) is 24.3. The summed E-state index contributed by atoms with van der Waals surface area (Å²) in [6.45, 7) is 5.06. The molecule has 0 fully saturated rings. The molecule has 0 aliphatic rings. The Morgan fingerprint density at radius 1 is 0.857 bits per heavy atom. The maximum Gasteiger partial charge on any atom is 0.305 e. The smallest absolute Gasteiger partial charge is 0.305 e. The van der Waals surface area contributed by atoms with Crippen molar-refractivity contribution in [3.63, 3.8) is 0 Å². The van der Waals surface area contributed by atoms with E-state index in [0.717, 1.165) is 38.5 Å². The van der Waals surface area contributed by atoms with Gasteiger partial charge in [0.15, 0.2) is 0 Å². The van der Waals surface area contributed by atoms with Crippen molar-refractivity contribution in [2.75, 3.05) is 19.8 Å². The third-order valence-electron chi connectivity index (χ3n) is 4.03. The second kappa shape index (κ2) is 15.2. The normalized spacial score (nSPS) is 10.7. The molecule has 0 bridgehead atoms. The fourth-order valence-corrected chi connectivity index (χ4v) is 2.71.